The summed E-state index contributed by atoms with van der Waals surface area (Å²) >= 11 is 1.55. The molecule has 1 aliphatic heterocycles. The summed E-state index contributed by atoms with van der Waals surface area (Å²) in [6.45, 7) is 9.09. The van der Waals surface area contributed by atoms with Gasteiger partial charge >= 0.3 is 0 Å². The summed E-state index contributed by atoms with van der Waals surface area (Å²) in [6.07, 6.45) is 0.918. The fourth-order valence-electron chi connectivity index (χ4n) is 2.77. The molecule has 0 spiro atoms. The second-order valence-corrected chi connectivity index (χ2v) is 6.28. The van der Waals surface area contributed by atoms with Gasteiger partial charge in [0.1, 0.15) is 0 Å². The fourth-order valence-corrected chi connectivity index (χ4v) is 3.40. The number of thiophene rings is 1. The van der Waals surface area contributed by atoms with E-state index >= 15 is 0 Å². The molecule has 6 heteroatoms. The summed E-state index contributed by atoms with van der Waals surface area (Å²) in [7, 11) is 0. The lowest BCUT2D eigenvalue weighted by atomic mass is 10.3. The van der Waals surface area contributed by atoms with Crippen molar-refractivity contribution >= 4 is 23.2 Å². The molecule has 2 heterocycles. The number of carbonyl (C=O) groups is 2. The Hall–Kier alpha value is -1.40. The Morgan fingerprint density at radius 2 is 1.95 bits per heavy atom. The van der Waals surface area contributed by atoms with Gasteiger partial charge in [0, 0.05) is 44.6 Å². The van der Waals surface area contributed by atoms with Gasteiger partial charge in [-0.05, 0) is 31.7 Å². The number of likely N-dealkylation sites (N-methyl/N-ethyl adjacent to an activating group) is 1. The zero-order valence-corrected chi connectivity index (χ0v) is 14.3. The molecule has 0 aromatic carbocycles. The van der Waals surface area contributed by atoms with Gasteiger partial charge in [0.05, 0.1) is 12.1 Å². The highest BCUT2D eigenvalue weighted by Gasteiger charge is 2.22. The molecular formula is C16H25N3O2S. The van der Waals surface area contributed by atoms with Gasteiger partial charge in [-0.25, -0.2) is 0 Å². The predicted octanol–water partition coefficient (Wildman–Crippen LogP) is 1.76. The van der Waals surface area contributed by atoms with Crippen LogP contribution in [0.3, 0.4) is 0 Å². The summed E-state index contributed by atoms with van der Waals surface area (Å²) in [4.78, 5) is 30.5. The standard InChI is InChI=1S/C16H25N3O2S/c1-3-18(4-2)15(20)12-17-7-5-8-19(10-9-17)16(21)14-6-11-22-13-14/h6,11,13H,3-5,7-10,12H2,1-2H3. The third kappa shape index (κ3) is 4.30. The number of rotatable bonds is 5. The van der Waals surface area contributed by atoms with E-state index in [0.29, 0.717) is 13.1 Å². The Morgan fingerprint density at radius 1 is 1.18 bits per heavy atom. The molecule has 1 aromatic rings. The molecule has 1 saturated heterocycles. The van der Waals surface area contributed by atoms with Crippen molar-refractivity contribution in [2.24, 2.45) is 0 Å². The SMILES string of the molecule is CCN(CC)C(=O)CN1CCCN(C(=O)c2ccsc2)CC1. The second kappa shape index (κ2) is 8.29. The molecule has 122 valence electrons. The molecule has 2 amide bonds. The van der Waals surface area contributed by atoms with Gasteiger partial charge in [0.15, 0.2) is 0 Å². The summed E-state index contributed by atoms with van der Waals surface area (Å²) < 4.78 is 0. The molecule has 0 bridgehead atoms. The lowest BCUT2D eigenvalue weighted by molar-refractivity contribution is -0.132. The lowest BCUT2D eigenvalue weighted by Gasteiger charge is -2.25. The van der Waals surface area contributed by atoms with Gasteiger partial charge in [-0.3, -0.25) is 14.5 Å². The molecule has 22 heavy (non-hydrogen) atoms. The molecule has 0 aliphatic carbocycles. The van der Waals surface area contributed by atoms with Crippen molar-refractivity contribution in [1.29, 1.82) is 0 Å². The van der Waals surface area contributed by atoms with E-state index in [1.165, 1.54) is 0 Å². The van der Waals surface area contributed by atoms with E-state index in [9.17, 15) is 9.59 Å². The second-order valence-electron chi connectivity index (χ2n) is 5.50. The van der Waals surface area contributed by atoms with E-state index in [-0.39, 0.29) is 11.8 Å². The van der Waals surface area contributed by atoms with Crippen molar-refractivity contribution in [3.63, 3.8) is 0 Å². The van der Waals surface area contributed by atoms with Gasteiger partial charge in [-0.2, -0.15) is 11.3 Å². The third-order valence-corrected chi connectivity index (χ3v) is 4.80. The summed E-state index contributed by atoms with van der Waals surface area (Å²) in [6, 6.07) is 1.87. The van der Waals surface area contributed by atoms with Crippen LogP contribution >= 0.6 is 11.3 Å². The van der Waals surface area contributed by atoms with Crippen LogP contribution in [0.4, 0.5) is 0 Å². The Bertz CT molecular complexity index is 486. The van der Waals surface area contributed by atoms with Crippen LogP contribution in [0.2, 0.25) is 0 Å². The van der Waals surface area contributed by atoms with Crippen LogP contribution in [-0.2, 0) is 4.79 Å². The van der Waals surface area contributed by atoms with Gasteiger partial charge in [0.2, 0.25) is 5.91 Å². The van der Waals surface area contributed by atoms with Crippen LogP contribution in [0.25, 0.3) is 0 Å². The first kappa shape index (κ1) is 17.0. The normalized spacial score (nSPS) is 16.4. The van der Waals surface area contributed by atoms with Gasteiger partial charge < -0.3 is 9.80 Å². The maximum Gasteiger partial charge on any atom is 0.254 e. The Balaban J connectivity index is 1.87. The molecule has 1 aliphatic rings. The topological polar surface area (TPSA) is 43.9 Å². The first-order valence-electron chi connectivity index (χ1n) is 7.97. The Morgan fingerprint density at radius 3 is 2.59 bits per heavy atom. The number of nitrogens with zero attached hydrogens (tertiary/aromatic N) is 3. The molecule has 0 N–H and O–H groups in total. The van der Waals surface area contributed by atoms with Crippen molar-refractivity contribution in [3.05, 3.63) is 22.4 Å². The van der Waals surface area contributed by atoms with Crippen molar-refractivity contribution in [2.45, 2.75) is 20.3 Å². The molecule has 1 aromatic heterocycles. The monoisotopic (exact) mass is 323 g/mol. The van der Waals surface area contributed by atoms with Crippen LogP contribution in [0.1, 0.15) is 30.6 Å². The van der Waals surface area contributed by atoms with E-state index in [1.54, 1.807) is 11.3 Å². The van der Waals surface area contributed by atoms with E-state index in [2.05, 4.69) is 4.90 Å². The molecule has 0 unspecified atom stereocenters. The van der Waals surface area contributed by atoms with Crippen molar-refractivity contribution in [3.8, 4) is 0 Å². The summed E-state index contributed by atoms with van der Waals surface area (Å²) in [5.74, 6) is 0.292. The molecule has 1 fully saturated rings. The van der Waals surface area contributed by atoms with Crippen LogP contribution < -0.4 is 0 Å². The maximum absolute atomic E-state index is 12.4. The molecule has 0 atom stereocenters. The minimum atomic E-state index is 0.109. The Kier molecular flexibility index (Phi) is 6.39. The largest absolute Gasteiger partial charge is 0.342 e. The molecular weight excluding hydrogens is 298 g/mol. The number of hydrogen-bond donors (Lipinski definition) is 0. The highest BCUT2D eigenvalue weighted by Crippen LogP contribution is 2.12. The molecule has 0 radical (unpaired) electrons. The smallest absolute Gasteiger partial charge is 0.254 e. The zero-order chi connectivity index (χ0) is 15.9. The van der Waals surface area contributed by atoms with Gasteiger partial charge in [-0.1, -0.05) is 0 Å². The Labute approximate surface area is 136 Å². The average Bonchev–Trinajstić information content (AvgIpc) is 2.95. The van der Waals surface area contributed by atoms with Crippen molar-refractivity contribution in [1.82, 2.24) is 14.7 Å². The summed E-state index contributed by atoms with van der Waals surface area (Å²) in [5.41, 5.74) is 0.776. The quantitative estimate of drug-likeness (QED) is 0.829. The van der Waals surface area contributed by atoms with Crippen LogP contribution in [0, 0.1) is 0 Å². The zero-order valence-electron chi connectivity index (χ0n) is 13.5. The van der Waals surface area contributed by atoms with Crippen LogP contribution in [-0.4, -0.2) is 72.3 Å². The average molecular weight is 323 g/mol. The van der Waals surface area contributed by atoms with Crippen molar-refractivity contribution < 1.29 is 9.59 Å². The van der Waals surface area contributed by atoms with Gasteiger partial charge in [0.25, 0.3) is 5.91 Å². The van der Waals surface area contributed by atoms with E-state index in [0.717, 1.165) is 44.7 Å². The number of hydrogen-bond acceptors (Lipinski definition) is 4. The highest BCUT2D eigenvalue weighted by atomic mass is 32.1. The predicted molar refractivity (Wildman–Crippen MR) is 89.2 cm³/mol. The third-order valence-electron chi connectivity index (χ3n) is 4.12. The minimum Gasteiger partial charge on any atom is -0.342 e. The lowest BCUT2D eigenvalue weighted by Crippen LogP contribution is -2.42. The first-order valence-corrected chi connectivity index (χ1v) is 8.91. The van der Waals surface area contributed by atoms with E-state index in [4.69, 9.17) is 0 Å². The van der Waals surface area contributed by atoms with E-state index in [1.807, 2.05) is 40.5 Å². The molecule has 2 rings (SSSR count). The van der Waals surface area contributed by atoms with E-state index < -0.39 is 0 Å². The molecule has 0 saturated carbocycles. The maximum atomic E-state index is 12.4. The van der Waals surface area contributed by atoms with Crippen molar-refractivity contribution in [2.75, 3.05) is 45.8 Å². The fraction of sp³-hybridized carbons (Fsp3) is 0.625. The first-order chi connectivity index (χ1) is 10.7. The van der Waals surface area contributed by atoms with Gasteiger partial charge in [-0.15, -0.1) is 0 Å². The summed E-state index contributed by atoms with van der Waals surface area (Å²) in [5, 5.41) is 3.83. The number of amides is 2. The number of carbonyl (C=O) groups excluding carboxylic acids is 2. The van der Waals surface area contributed by atoms with Crippen LogP contribution in [0.5, 0.6) is 0 Å². The molecule has 5 nitrogen and oxygen atoms in total. The highest BCUT2D eigenvalue weighted by molar-refractivity contribution is 7.08. The van der Waals surface area contributed by atoms with Crippen LogP contribution in [0.15, 0.2) is 16.8 Å². The minimum absolute atomic E-state index is 0.109.